The summed E-state index contributed by atoms with van der Waals surface area (Å²) in [7, 11) is 1.63. The second-order valence-corrected chi connectivity index (χ2v) is 7.15. The van der Waals surface area contributed by atoms with Crippen molar-refractivity contribution in [3.8, 4) is 5.75 Å². The molecular weight excluding hydrogens is 358 g/mol. The van der Waals surface area contributed by atoms with Crippen LogP contribution in [0.25, 0.3) is 0 Å². The Morgan fingerprint density at radius 3 is 2.64 bits per heavy atom. The number of anilines is 3. The van der Waals surface area contributed by atoms with E-state index < -0.39 is 0 Å². The van der Waals surface area contributed by atoms with Crippen LogP contribution in [0, 0.1) is 0 Å². The summed E-state index contributed by atoms with van der Waals surface area (Å²) in [6.45, 7) is 7.17. The van der Waals surface area contributed by atoms with Crippen LogP contribution in [0.4, 0.5) is 17.5 Å². The lowest BCUT2D eigenvalue weighted by molar-refractivity contribution is 0.0726. The van der Waals surface area contributed by atoms with Crippen molar-refractivity contribution < 1.29 is 14.3 Å². The van der Waals surface area contributed by atoms with E-state index in [4.69, 9.17) is 14.5 Å². The first-order valence-electron chi connectivity index (χ1n) is 9.53. The number of benzene rings is 1. The highest BCUT2D eigenvalue weighted by molar-refractivity contribution is 5.98. The third kappa shape index (κ3) is 3.35. The van der Waals surface area contributed by atoms with Crippen molar-refractivity contribution in [3.05, 3.63) is 35.5 Å². The standard InChI is InChI=1S/C20H25N5O3/c1-13(2)25-12-14-17(19(25)26)22-20(24-8-10-28-11-9-24)23-18(14)21-15-6-4-5-7-16(15)27-3/h4-7,13H,8-12H2,1-3H3,(H,21,22,23). The molecule has 28 heavy (non-hydrogen) atoms. The van der Waals surface area contributed by atoms with E-state index in [0.29, 0.717) is 56.1 Å². The summed E-state index contributed by atoms with van der Waals surface area (Å²) in [5, 5.41) is 3.37. The average Bonchev–Trinajstić information content (AvgIpc) is 3.06. The molecule has 2 aliphatic heterocycles. The summed E-state index contributed by atoms with van der Waals surface area (Å²) in [6, 6.07) is 7.75. The van der Waals surface area contributed by atoms with Crippen LogP contribution in [0.2, 0.25) is 0 Å². The van der Waals surface area contributed by atoms with Crippen molar-refractivity contribution in [2.24, 2.45) is 0 Å². The maximum atomic E-state index is 12.9. The topological polar surface area (TPSA) is 79.8 Å². The lowest BCUT2D eigenvalue weighted by Gasteiger charge is -2.27. The Morgan fingerprint density at radius 1 is 1.18 bits per heavy atom. The lowest BCUT2D eigenvalue weighted by Crippen LogP contribution is -2.37. The Balaban J connectivity index is 1.77. The monoisotopic (exact) mass is 383 g/mol. The second-order valence-electron chi connectivity index (χ2n) is 7.15. The van der Waals surface area contributed by atoms with Crippen molar-refractivity contribution in [3.63, 3.8) is 0 Å². The lowest BCUT2D eigenvalue weighted by atomic mass is 10.2. The SMILES string of the molecule is COc1ccccc1Nc1nc(N2CCOCC2)nc2c1CN(C(C)C)C2=O. The van der Waals surface area contributed by atoms with Gasteiger partial charge in [-0.1, -0.05) is 12.1 Å². The van der Waals surface area contributed by atoms with Crippen molar-refractivity contribution in [1.29, 1.82) is 0 Å². The van der Waals surface area contributed by atoms with Gasteiger partial charge in [0, 0.05) is 24.7 Å². The largest absolute Gasteiger partial charge is 0.495 e. The predicted molar refractivity (Wildman–Crippen MR) is 106 cm³/mol. The quantitative estimate of drug-likeness (QED) is 0.849. The molecule has 4 rings (SSSR count). The molecule has 1 saturated heterocycles. The molecule has 1 N–H and O–H groups in total. The highest BCUT2D eigenvalue weighted by Gasteiger charge is 2.35. The number of hydrogen-bond donors (Lipinski definition) is 1. The molecule has 8 nitrogen and oxygen atoms in total. The number of para-hydroxylation sites is 2. The number of amides is 1. The molecule has 0 bridgehead atoms. The molecule has 2 aromatic rings. The number of fused-ring (bicyclic) bond motifs is 1. The third-order valence-corrected chi connectivity index (χ3v) is 5.06. The predicted octanol–water partition coefficient (Wildman–Crippen LogP) is 2.43. The van der Waals surface area contributed by atoms with Gasteiger partial charge < -0.3 is 24.6 Å². The zero-order chi connectivity index (χ0) is 19.7. The fourth-order valence-electron chi connectivity index (χ4n) is 3.48. The Bertz CT molecular complexity index is 880. The maximum absolute atomic E-state index is 12.9. The number of methoxy groups -OCH3 is 1. The van der Waals surface area contributed by atoms with Gasteiger partial charge in [0.15, 0.2) is 0 Å². The summed E-state index contributed by atoms with van der Waals surface area (Å²) in [5.74, 6) is 1.86. The number of rotatable bonds is 5. The first kappa shape index (κ1) is 18.5. The molecule has 0 atom stereocenters. The molecule has 0 spiro atoms. The molecule has 8 heteroatoms. The molecule has 0 unspecified atom stereocenters. The Kier molecular flexibility index (Phi) is 5.04. The van der Waals surface area contributed by atoms with Gasteiger partial charge in [-0.2, -0.15) is 4.98 Å². The number of carbonyl (C=O) groups is 1. The summed E-state index contributed by atoms with van der Waals surface area (Å²) >= 11 is 0. The van der Waals surface area contributed by atoms with E-state index >= 15 is 0 Å². The molecule has 1 aromatic heterocycles. The van der Waals surface area contributed by atoms with E-state index in [9.17, 15) is 4.79 Å². The van der Waals surface area contributed by atoms with Gasteiger partial charge in [0.05, 0.1) is 32.6 Å². The van der Waals surface area contributed by atoms with E-state index in [1.54, 1.807) is 7.11 Å². The third-order valence-electron chi connectivity index (χ3n) is 5.06. The van der Waals surface area contributed by atoms with Gasteiger partial charge in [0.2, 0.25) is 5.95 Å². The van der Waals surface area contributed by atoms with E-state index in [0.717, 1.165) is 11.3 Å². The van der Waals surface area contributed by atoms with Gasteiger partial charge in [-0.3, -0.25) is 4.79 Å². The highest BCUT2D eigenvalue weighted by Crippen LogP contribution is 2.34. The zero-order valence-electron chi connectivity index (χ0n) is 16.4. The number of ether oxygens (including phenoxy) is 2. The van der Waals surface area contributed by atoms with Crippen LogP contribution in [0.1, 0.15) is 29.9 Å². The Morgan fingerprint density at radius 2 is 1.93 bits per heavy atom. The summed E-state index contributed by atoms with van der Waals surface area (Å²) in [5.41, 5.74) is 2.10. The first-order chi connectivity index (χ1) is 13.6. The smallest absolute Gasteiger partial charge is 0.273 e. The van der Waals surface area contributed by atoms with E-state index in [1.807, 2.05) is 43.0 Å². The van der Waals surface area contributed by atoms with Crippen LogP contribution in [0.3, 0.4) is 0 Å². The van der Waals surface area contributed by atoms with Gasteiger partial charge in [0.1, 0.15) is 17.3 Å². The highest BCUT2D eigenvalue weighted by atomic mass is 16.5. The molecule has 1 fully saturated rings. The van der Waals surface area contributed by atoms with E-state index in [1.165, 1.54) is 0 Å². The summed E-state index contributed by atoms with van der Waals surface area (Å²) in [4.78, 5) is 26.2. The molecule has 3 heterocycles. The Hall–Kier alpha value is -2.87. The van der Waals surface area contributed by atoms with Gasteiger partial charge in [0.25, 0.3) is 5.91 Å². The van der Waals surface area contributed by atoms with Crippen molar-refractivity contribution in [1.82, 2.24) is 14.9 Å². The average molecular weight is 383 g/mol. The maximum Gasteiger partial charge on any atom is 0.273 e. The molecule has 148 valence electrons. The molecule has 1 aromatic carbocycles. The molecule has 0 saturated carbocycles. The molecular formula is C20H25N5O3. The number of carbonyl (C=O) groups excluding carboxylic acids is 1. The minimum absolute atomic E-state index is 0.0509. The number of hydrogen-bond acceptors (Lipinski definition) is 7. The summed E-state index contributed by atoms with van der Waals surface area (Å²) in [6.07, 6.45) is 0. The minimum atomic E-state index is -0.0509. The summed E-state index contributed by atoms with van der Waals surface area (Å²) < 4.78 is 10.9. The molecule has 1 amide bonds. The number of nitrogens with one attached hydrogen (secondary N) is 1. The van der Waals surface area contributed by atoms with Gasteiger partial charge >= 0.3 is 0 Å². The Labute approximate surface area is 164 Å². The van der Waals surface area contributed by atoms with Gasteiger partial charge in [-0.15, -0.1) is 0 Å². The van der Waals surface area contributed by atoms with Crippen LogP contribution < -0.4 is 15.0 Å². The minimum Gasteiger partial charge on any atom is -0.495 e. The van der Waals surface area contributed by atoms with Crippen LogP contribution in [0.15, 0.2) is 24.3 Å². The van der Waals surface area contributed by atoms with Crippen molar-refractivity contribution >= 4 is 23.4 Å². The number of morpholine rings is 1. The van der Waals surface area contributed by atoms with Crippen LogP contribution >= 0.6 is 0 Å². The van der Waals surface area contributed by atoms with Crippen LogP contribution in [-0.4, -0.2) is 60.2 Å². The molecule has 2 aliphatic rings. The van der Waals surface area contributed by atoms with Crippen molar-refractivity contribution in [2.45, 2.75) is 26.4 Å². The zero-order valence-corrected chi connectivity index (χ0v) is 16.4. The second kappa shape index (κ2) is 7.63. The number of aromatic nitrogens is 2. The molecule has 0 aliphatic carbocycles. The fourth-order valence-corrected chi connectivity index (χ4v) is 3.48. The normalized spacial score (nSPS) is 16.5. The first-order valence-corrected chi connectivity index (χ1v) is 9.53. The van der Waals surface area contributed by atoms with Gasteiger partial charge in [-0.25, -0.2) is 4.98 Å². The van der Waals surface area contributed by atoms with Gasteiger partial charge in [-0.05, 0) is 26.0 Å². The van der Waals surface area contributed by atoms with E-state index in [2.05, 4.69) is 15.2 Å². The van der Waals surface area contributed by atoms with Crippen LogP contribution in [0.5, 0.6) is 5.75 Å². The molecule has 0 radical (unpaired) electrons. The van der Waals surface area contributed by atoms with Crippen molar-refractivity contribution in [2.75, 3.05) is 43.6 Å². The van der Waals surface area contributed by atoms with Crippen LogP contribution in [-0.2, 0) is 11.3 Å². The fraction of sp³-hybridized carbons (Fsp3) is 0.450. The van der Waals surface area contributed by atoms with E-state index in [-0.39, 0.29) is 11.9 Å². The number of nitrogens with zero attached hydrogens (tertiary/aromatic N) is 4.